The van der Waals surface area contributed by atoms with Gasteiger partial charge in [-0.15, -0.1) is 5.10 Å². The van der Waals surface area contributed by atoms with Crippen molar-refractivity contribution in [2.75, 3.05) is 31.1 Å². The molecule has 0 unspecified atom stereocenters. The van der Waals surface area contributed by atoms with E-state index in [-0.39, 0.29) is 6.04 Å². The summed E-state index contributed by atoms with van der Waals surface area (Å²) in [5.41, 5.74) is 1.18. The summed E-state index contributed by atoms with van der Waals surface area (Å²) in [7, 11) is 0. The molecule has 1 saturated heterocycles. The van der Waals surface area contributed by atoms with Crippen LogP contribution in [0.25, 0.3) is 0 Å². The molecule has 8 heteroatoms. The zero-order valence-corrected chi connectivity index (χ0v) is 16.1. The average Bonchev–Trinajstić information content (AvgIpc) is 3.36. The van der Waals surface area contributed by atoms with E-state index in [2.05, 4.69) is 38.3 Å². The van der Waals surface area contributed by atoms with E-state index in [1.54, 1.807) is 6.26 Å². The van der Waals surface area contributed by atoms with Crippen molar-refractivity contribution in [3.05, 3.63) is 59.3 Å². The highest BCUT2D eigenvalue weighted by Gasteiger charge is 2.28. The lowest BCUT2D eigenvalue weighted by atomic mass is 10.1. The summed E-state index contributed by atoms with van der Waals surface area (Å²) in [6, 6.07) is 12.1. The Kier molecular flexibility index (Phi) is 5.40. The predicted octanol–water partition coefficient (Wildman–Crippen LogP) is 3.24. The van der Waals surface area contributed by atoms with Crippen molar-refractivity contribution >= 4 is 17.3 Å². The molecule has 4 rings (SSSR count). The Labute approximate surface area is 163 Å². The van der Waals surface area contributed by atoms with Gasteiger partial charge in [0.25, 0.3) is 0 Å². The Morgan fingerprint density at radius 1 is 1.15 bits per heavy atom. The van der Waals surface area contributed by atoms with Gasteiger partial charge in [0, 0.05) is 36.9 Å². The number of hydrogen-bond acceptors (Lipinski definition) is 6. The van der Waals surface area contributed by atoms with Crippen LogP contribution >= 0.6 is 11.6 Å². The molecule has 1 aliphatic heterocycles. The van der Waals surface area contributed by atoms with Crippen LogP contribution in [0.15, 0.2) is 47.1 Å². The van der Waals surface area contributed by atoms with Gasteiger partial charge in [0.2, 0.25) is 0 Å². The van der Waals surface area contributed by atoms with Crippen LogP contribution in [-0.2, 0) is 6.54 Å². The Bertz CT molecular complexity index is 857. The van der Waals surface area contributed by atoms with Crippen LogP contribution < -0.4 is 4.90 Å². The van der Waals surface area contributed by atoms with Crippen molar-refractivity contribution in [2.45, 2.75) is 25.9 Å². The first-order valence-electron chi connectivity index (χ1n) is 9.27. The molecule has 0 aliphatic carbocycles. The molecule has 1 atom stereocenters. The van der Waals surface area contributed by atoms with Gasteiger partial charge >= 0.3 is 0 Å². The van der Waals surface area contributed by atoms with Crippen LogP contribution in [0.2, 0.25) is 5.02 Å². The lowest BCUT2D eigenvalue weighted by Crippen LogP contribution is -2.48. The first kappa shape index (κ1) is 18.0. The SMILES string of the molecule is CC[C@@H](c1nnnn1Cc1ccco1)N1CCN(c2cccc(Cl)c2)CC1. The Hall–Kier alpha value is -2.38. The van der Waals surface area contributed by atoms with Gasteiger partial charge in [0.1, 0.15) is 12.3 Å². The number of nitrogens with zero attached hydrogens (tertiary/aromatic N) is 6. The monoisotopic (exact) mass is 386 g/mol. The van der Waals surface area contributed by atoms with Gasteiger partial charge < -0.3 is 9.32 Å². The van der Waals surface area contributed by atoms with Crippen molar-refractivity contribution in [3.8, 4) is 0 Å². The summed E-state index contributed by atoms with van der Waals surface area (Å²) in [5, 5.41) is 13.2. The summed E-state index contributed by atoms with van der Waals surface area (Å²) in [4.78, 5) is 4.84. The number of halogens is 1. The number of rotatable bonds is 6. The third-order valence-electron chi connectivity index (χ3n) is 5.06. The topological polar surface area (TPSA) is 63.2 Å². The highest BCUT2D eigenvalue weighted by molar-refractivity contribution is 6.30. The van der Waals surface area contributed by atoms with Gasteiger partial charge in [0.05, 0.1) is 12.3 Å². The number of piperazine rings is 1. The van der Waals surface area contributed by atoms with Crippen molar-refractivity contribution < 1.29 is 4.42 Å². The van der Waals surface area contributed by atoms with Gasteiger partial charge in [0.15, 0.2) is 5.82 Å². The van der Waals surface area contributed by atoms with E-state index in [4.69, 9.17) is 16.0 Å². The highest BCUT2D eigenvalue weighted by Crippen LogP contribution is 2.26. The Morgan fingerprint density at radius 2 is 2.00 bits per heavy atom. The molecular formula is C19H23ClN6O. The van der Waals surface area contributed by atoms with Gasteiger partial charge in [-0.05, 0) is 47.2 Å². The third kappa shape index (κ3) is 3.99. The molecule has 0 N–H and O–H groups in total. The van der Waals surface area contributed by atoms with Crippen molar-refractivity contribution in [1.82, 2.24) is 25.1 Å². The zero-order chi connectivity index (χ0) is 18.6. The molecule has 0 radical (unpaired) electrons. The smallest absolute Gasteiger partial charge is 0.168 e. The summed E-state index contributed by atoms with van der Waals surface area (Å²) >= 11 is 6.14. The van der Waals surface area contributed by atoms with Gasteiger partial charge in [-0.3, -0.25) is 4.90 Å². The molecule has 0 bridgehead atoms. The molecule has 0 saturated carbocycles. The number of hydrogen-bond donors (Lipinski definition) is 0. The second kappa shape index (κ2) is 8.10. The standard InChI is InChI=1S/C19H23ClN6O/c1-2-18(19-21-22-23-26(19)14-17-7-4-12-27-17)25-10-8-24(9-11-25)16-6-3-5-15(20)13-16/h3-7,12-13,18H,2,8-11,14H2,1H3/t18-/m0/s1. The second-order valence-corrected chi connectivity index (χ2v) is 7.14. The normalized spacial score (nSPS) is 16.6. The van der Waals surface area contributed by atoms with Crippen molar-refractivity contribution in [2.24, 2.45) is 0 Å². The van der Waals surface area contributed by atoms with E-state index in [0.29, 0.717) is 6.54 Å². The van der Waals surface area contributed by atoms with Gasteiger partial charge in [-0.25, -0.2) is 4.68 Å². The summed E-state index contributed by atoms with van der Waals surface area (Å²) in [5.74, 6) is 1.74. The molecule has 7 nitrogen and oxygen atoms in total. The number of furan rings is 1. The molecule has 3 aromatic rings. The molecule has 2 aromatic heterocycles. The summed E-state index contributed by atoms with van der Waals surface area (Å²) in [6.07, 6.45) is 2.63. The van der Waals surface area contributed by atoms with E-state index >= 15 is 0 Å². The molecule has 142 valence electrons. The molecular weight excluding hydrogens is 364 g/mol. The quantitative estimate of drug-likeness (QED) is 0.648. The summed E-state index contributed by atoms with van der Waals surface area (Å²) < 4.78 is 7.29. The van der Waals surface area contributed by atoms with E-state index in [1.807, 2.05) is 35.0 Å². The first-order valence-corrected chi connectivity index (χ1v) is 9.65. The Morgan fingerprint density at radius 3 is 2.70 bits per heavy atom. The van der Waals surface area contributed by atoms with Crippen molar-refractivity contribution in [1.29, 1.82) is 0 Å². The lowest BCUT2D eigenvalue weighted by molar-refractivity contribution is 0.169. The van der Waals surface area contributed by atoms with E-state index in [0.717, 1.165) is 49.2 Å². The average molecular weight is 387 g/mol. The number of benzene rings is 1. The first-order chi connectivity index (χ1) is 13.2. The van der Waals surface area contributed by atoms with Crippen LogP contribution in [0.4, 0.5) is 5.69 Å². The van der Waals surface area contributed by atoms with Crippen LogP contribution in [0, 0.1) is 0 Å². The molecule has 3 heterocycles. The fourth-order valence-corrected chi connectivity index (χ4v) is 3.87. The van der Waals surface area contributed by atoms with Crippen LogP contribution in [0.3, 0.4) is 0 Å². The highest BCUT2D eigenvalue weighted by atomic mass is 35.5. The molecule has 0 amide bonds. The molecule has 1 aliphatic rings. The van der Waals surface area contributed by atoms with Gasteiger partial charge in [-0.2, -0.15) is 0 Å². The summed E-state index contributed by atoms with van der Waals surface area (Å²) in [6.45, 7) is 6.55. The predicted molar refractivity (Wildman–Crippen MR) is 104 cm³/mol. The maximum atomic E-state index is 6.14. The maximum absolute atomic E-state index is 6.14. The number of aromatic nitrogens is 4. The minimum atomic E-state index is 0.191. The van der Waals surface area contributed by atoms with Crippen LogP contribution in [-0.4, -0.2) is 51.3 Å². The van der Waals surface area contributed by atoms with E-state index < -0.39 is 0 Å². The largest absolute Gasteiger partial charge is 0.467 e. The third-order valence-corrected chi connectivity index (χ3v) is 5.29. The fraction of sp³-hybridized carbons (Fsp3) is 0.421. The minimum Gasteiger partial charge on any atom is -0.467 e. The minimum absolute atomic E-state index is 0.191. The number of tetrazole rings is 1. The van der Waals surface area contributed by atoms with Crippen LogP contribution in [0.5, 0.6) is 0 Å². The fourth-order valence-electron chi connectivity index (χ4n) is 3.68. The van der Waals surface area contributed by atoms with Crippen molar-refractivity contribution in [3.63, 3.8) is 0 Å². The number of anilines is 1. The van der Waals surface area contributed by atoms with E-state index in [9.17, 15) is 0 Å². The Balaban J connectivity index is 1.45. The molecule has 0 spiro atoms. The maximum Gasteiger partial charge on any atom is 0.168 e. The van der Waals surface area contributed by atoms with Crippen LogP contribution in [0.1, 0.15) is 31.0 Å². The lowest BCUT2D eigenvalue weighted by Gasteiger charge is -2.39. The van der Waals surface area contributed by atoms with E-state index in [1.165, 1.54) is 5.69 Å². The molecule has 27 heavy (non-hydrogen) atoms. The zero-order valence-electron chi connectivity index (χ0n) is 15.3. The molecule has 1 fully saturated rings. The second-order valence-electron chi connectivity index (χ2n) is 6.70. The molecule has 1 aromatic carbocycles. The van der Waals surface area contributed by atoms with Gasteiger partial charge in [-0.1, -0.05) is 24.6 Å².